The molecule has 2 rings (SSSR count). The highest BCUT2D eigenvalue weighted by Gasteiger charge is 2.41. The number of hydrogen-bond donors (Lipinski definition) is 5. The number of hydrogen-bond acceptors (Lipinski definition) is 8. The quantitative estimate of drug-likeness (QED) is 0.0777. The maximum Gasteiger partial charge on any atom is 0.312 e. The molecule has 2 aromatic carbocycles. The van der Waals surface area contributed by atoms with E-state index in [1.54, 1.807) is 24.3 Å². The lowest BCUT2D eigenvalue weighted by Gasteiger charge is -2.30. The number of anilines is 1. The second-order valence-corrected chi connectivity index (χ2v) is 7.97. The average Bonchev–Trinajstić information content (AvgIpc) is 2.89. The summed E-state index contributed by atoms with van der Waals surface area (Å²) in [7, 11) is 0. The number of para-hydroxylation sites is 1. The lowest BCUT2D eigenvalue weighted by Crippen LogP contribution is -2.56. The highest BCUT2D eigenvalue weighted by atomic mass is 16.7. The third kappa shape index (κ3) is 8.37. The van der Waals surface area contributed by atoms with Crippen molar-refractivity contribution in [3.63, 3.8) is 0 Å². The molecule has 1 atom stereocenters. The Morgan fingerprint density at radius 1 is 1.00 bits per heavy atom. The Morgan fingerprint density at radius 2 is 1.61 bits per heavy atom. The summed E-state index contributed by atoms with van der Waals surface area (Å²) in [5.74, 6) is -3.84. The molecule has 0 aliphatic carbocycles. The fraction of sp³-hybridized carbons (Fsp3) is 0.292. The first-order valence-corrected chi connectivity index (χ1v) is 11.7. The van der Waals surface area contributed by atoms with Gasteiger partial charge >= 0.3 is 5.91 Å². The molecule has 0 fully saturated rings. The van der Waals surface area contributed by atoms with Crippen LogP contribution in [0.25, 0.3) is 0 Å². The van der Waals surface area contributed by atoms with E-state index < -0.39 is 41.2 Å². The van der Waals surface area contributed by atoms with Gasteiger partial charge in [0.1, 0.15) is 11.7 Å². The summed E-state index contributed by atoms with van der Waals surface area (Å²) in [4.78, 5) is 65.1. The predicted octanol–water partition coefficient (Wildman–Crippen LogP) is -0.0228. The van der Waals surface area contributed by atoms with Crippen molar-refractivity contribution in [3.05, 3.63) is 76.3 Å². The molecule has 2 aromatic rings. The molecule has 4 amide bonds. The van der Waals surface area contributed by atoms with Crippen molar-refractivity contribution in [1.82, 2.24) is 15.5 Å². The molecule has 0 saturated carbocycles. The minimum Gasteiger partial charge on any atom is -0.370 e. The highest BCUT2D eigenvalue weighted by Crippen LogP contribution is 2.21. The molecule has 0 aromatic heterocycles. The van der Waals surface area contributed by atoms with E-state index in [1.807, 2.05) is 0 Å². The fourth-order valence-electron chi connectivity index (χ4n) is 3.52. The molecule has 14 heteroatoms. The molecule has 0 unspecified atom stereocenters. The molecule has 0 spiro atoms. The minimum absolute atomic E-state index is 0.0335. The van der Waals surface area contributed by atoms with Gasteiger partial charge in [-0.1, -0.05) is 36.4 Å². The summed E-state index contributed by atoms with van der Waals surface area (Å²) in [6, 6.07) is 13.3. The first-order chi connectivity index (χ1) is 18.2. The van der Waals surface area contributed by atoms with Gasteiger partial charge in [0.25, 0.3) is 5.91 Å². The Balaban J connectivity index is 2.52. The molecular weight excluding hydrogens is 496 g/mol. The number of rotatable bonds is 13. The standard InChI is InChI=1S/C24H30N8O6/c25-14-13-20(33)29-16-21(34)30(22(35)17-8-3-1-4-9-17)19(12-7-15-28-24(26)27)23(36)31(32(37)38)18-10-5-2-6-11-18/h1-6,8-11,19H,7,12-16,25H2,(H,29,33)(H4,26,27,28)/t19-/m0/s1. The molecule has 7 N–H and O–H groups in total. The van der Waals surface area contributed by atoms with Gasteiger partial charge in [0, 0.05) is 25.1 Å². The minimum atomic E-state index is -1.62. The Kier molecular flexibility index (Phi) is 11.3. The normalized spacial score (nSPS) is 11.1. The third-order valence-electron chi connectivity index (χ3n) is 5.26. The van der Waals surface area contributed by atoms with Crippen molar-refractivity contribution in [2.45, 2.75) is 25.3 Å². The van der Waals surface area contributed by atoms with E-state index in [-0.39, 0.29) is 54.6 Å². The summed E-state index contributed by atoms with van der Waals surface area (Å²) >= 11 is 0. The summed E-state index contributed by atoms with van der Waals surface area (Å²) in [6.07, 6.45) is -0.152. The predicted molar refractivity (Wildman–Crippen MR) is 138 cm³/mol. The maximum absolute atomic E-state index is 13.7. The second kappa shape index (κ2) is 14.6. The molecule has 202 valence electrons. The van der Waals surface area contributed by atoms with E-state index in [4.69, 9.17) is 16.9 Å². The second-order valence-electron chi connectivity index (χ2n) is 7.97. The van der Waals surface area contributed by atoms with Crippen LogP contribution in [0.4, 0.5) is 5.69 Å². The smallest absolute Gasteiger partial charge is 0.312 e. The van der Waals surface area contributed by atoms with E-state index in [0.717, 1.165) is 0 Å². The zero-order valence-electron chi connectivity index (χ0n) is 20.5. The number of nitrogens with two attached hydrogens (primary N) is 2. The van der Waals surface area contributed by atoms with E-state index in [0.29, 0.717) is 4.90 Å². The number of hydrazine groups is 1. The Bertz CT molecular complexity index is 1150. The SMILES string of the molecule is N=C(N)NCCC[C@@H](C(=O)N(c1ccccc1)[N+](=O)[O-])N(C(=O)CNC(=O)CCN)C(=O)c1ccccc1. The maximum atomic E-state index is 13.7. The lowest BCUT2D eigenvalue weighted by molar-refractivity contribution is -0.484. The average molecular weight is 527 g/mol. The van der Waals surface area contributed by atoms with Gasteiger partial charge in [0.05, 0.1) is 6.54 Å². The van der Waals surface area contributed by atoms with Crippen LogP contribution in [0.3, 0.4) is 0 Å². The molecule has 0 saturated heterocycles. The van der Waals surface area contributed by atoms with E-state index >= 15 is 0 Å². The van der Waals surface area contributed by atoms with Gasteiger partial charge in [0.2, 0.25) is 11.8 Å². The van der Waals surface area contributed by atoms with Crippen LogP contribution in [0.1, 0.15) is 29.6 Å². The Morgan fingerprint density at radius 3 is 2.16 bits per heavy atom. The van der Waals surface area contributed by atoms with Crippen LogP contribution in [0.15, 0.2) is 60.7 Å². The zero-order valence-corrected chi connectivity index (χ0v) is 20.5. The fourth-order valence-corrected chi connectivity index (χ4v) is 3.52. The molecule has 14 nitrogen and oxygen atoms in total. The number of amides is 4. The van der Waals surface area contributed by atoms with Gasteiger partial charge < -0.3 is 22.1 Å². The number of nitrogens with one attached hydrogen (secondary N) is 3. The summed E-state index contributed by atoms with van der Waals surface area (Å²) in [5.41, 5.74) is 10.6. The number of nitrogens with zero attached hydrogens (tertiary/aromatic N) is 3. The van der Waals surface area contributed by atoms with Gasteiger partial charge in [-0.2, -0.15) is 0 Å². The number of carbonyl (C=O) groups excluding carboxylic acids is 4. The number of guanidine groups is 1. The number of carbonyl (C=O) groups is 4. The van der Waals surface area contributed by atoms with Crippen molar-refractivity contribution in [3.8, 4) is 0 Å². The molecule has 0 bridgehead atoms. The molecule has 0 aliphatic rings. The molecule has 38 heavy (non-hydrogen) atoms. The number of benzene rings is 2. The first-order valence-electron chi connectivity index (χ1n) is 11.7. The number of nitro groups is 1. The van der Waals surface area contributed by atoms with Crippen molar-refractivity contribution in [2.24, 2.45) is 11.5 Å². The van der Waals surface area contributed by atoms with E-state index in [9.17, 15) is 29.3 Å². The molecule has 0 aliphatic heterocycles. The highest BCUT2D eigenvalue weighted by molar-refractivity contribution is 6.10. The van der Waals surface area contributed by atoms with Gasteiger partial charge in [-0.15, -0.1) is 0 Å². The van der Waals surface area contributed by atoms with Crippen LogP contribution in [-0.2, 0) is 14.4 Å². The van der Waals surface area contributed by atoms with E-state index in [1.165, 1.54) is 36.4 Å². The monoisotopic (exact) mass is 526 g/mol. The van der Waals surface area contributed by atoms with Crippen molar-refractivity contribution in [1.29, 1.82) is 5.41 Å². The van der Waals surface area contributed by atoms with Gasteiger partial charge in [-0.3, -0.25) is 29.5 Å². The van der Waals surface area contributed by atoms with Gasteiger partial charge in [-0.05, 0) is 42.1 Å². The van der Waals surface area contributed by atoms with Crippen LogP contribution in [0.5, 0.6) is 0 Å². The third-order valence-corrected chi connectivity index (χ3v) is 5.26. The summed E-state index contributed by atoms with van der Waals surface area (Å²) in [6.45, 7) is -0.514. The molecule has 0 radical (unpaired) electrons. The molecular formula is C24H30N8O6. The van der Waals surface area contributed by atoms with Crippen molar-refractivity contribution >= 4 is 35.3 Å². The van der Waals surface area contributed by atoms with Crippen LogP contribution < -0.4 is 27.1 Å². The summed E-state index contributed by atoms with van der Waals surface area (Å²) < 4.78 is 0. The Hall–Kier alpha value is -4.85. The van der Waals surface area contributed by atoms with Crippen LogP contribution in [-0.4, -0.2) is 65.2 Å². The van der Waals surface area contributed by atoms with Gasteiger partial charge in [-0.25, -0.2) is 10.1 Å². The lowest BCUT2D eigenvalue weighted by atomic mass is 10.1. The first kappa shape index (κ1) is 29.4. The van der Waals surface area contributed by atoms with Crippen molar-refractivity contribution < 1.29 is 24.2 Å². The van der Waals surface area contributed by atoms with Crippen LogP contribution >= 0.6 is 0 Å². The van der Waals surface area contributed by atoms with E-state index in [2.05, 4.69) is 10.6 Å². The Labute approximate surface area is 218 Å². The van der Waals surface area contributed by atoms with Crippen molar-refractivity contribution in [2.75, 3.05) is 24.6 Å². The number of imide groups is 1. The largest absolute Gasteiger partial charge is 0.370 e. The van der Waals surface area contributed by atoms with Crippen LogP contribution in [0, 0.1) is 15.5 Å². The van der Waals surface area contributed by atoms with Crippen LogP contribution in [0.2, 0.25) is 0 Å². The summed E-state index contributed by atoms with van der Waals surface area (Å²) in [5, 5.41) is 23.5. The zero-order chi connectivity index (χ0) is 28.1. The molecule has 0 heterocycles. The van der Waals surface area contributed by atoms with Gasteiger partial charge in [0.15, 0.2) is 11.0 Å². The topological polar surface area (TPSA) is 218 Å².